The number of aliphatic carboxylic acids is 1. The molecule has 1 saturated heterocycles. The number of hydrogen-bond donors (Lipinski definition) is 1. The maximum Gasteiger partial charge on any atom is 0.345 e. The predicted molar refractivity (Wildman–Crippen MR) is 274 cm³/mol. The Morgan fingerprint density at radius 2 is 1.62 bits per heavy atom. The number of likely N-dealkylation sites (N-methyl/N-ethyl adjacent to an activating group) is 1. The fourth-order valence-electron chi connectivity index (χ4n) is 8.74. The minimum absolute atomic E-state index is 0.0168. The highest BCUT2D eigenvalue weighted by Gasteiger charge is 2.32. The molecule has 7 aromatic rings. The van der Waals surface area contributed by atoms with Crippen LogP contribution >= 0.6 is 34.5 Å². The number of fused-ring (bicyclic) bond motifs is 7. The quantitative estimate of drug-likeness (QED) is 0.110. The Hall–Kier alpha value is -6.18. The molecular weight excluding hydrogens is 987 g/mol. The number of halogens is 3. The van der Waals surface area contributed by atoms with E-state index < -0.39 is 24.0 Å². The average Bonchev–Trinajstić information content (AvgIpc) is 3.77. The van der Waals surface area contributed by atoms with Crippen molar-refractivity contribution in [1.82, 2.24) is 29.7 Å². The SMILES string of the molecule is COC[C@@H](COc1ccc(-c2nccc(COc3ccc4cc3C[C@H](C(=O)O)Oc3ncnc5sc(-c6ccc(F)cc6)c(c35)-c3c(C)c(Cl)c(c(Cl)c3C)O[C@H](CN3CCN(C)CC3)CO4)n2)cc1)OC. The van der Waals surface area contributed by atoms with Gasteiger partial charge < -0.3 is 43.2 Å². The number of hydrogen-bond acceptors (Lipinski definition) is 15. The first kappa shape index (κ1) is 50.7. The van der Waals surface area contributed by atoms with E-state index >= 15 is 0 Å². The van der Waals surface area contributed by atoms with E-state index in [2.05, 4.69) is 31.8 Å². The first-order valence-electron chi connectivity index (χ1n) is 23.3. The average molecular weight is 1040 g/mol. The summed E-state index contributed by atoms with van der Waals surface area (Å²) in [6, 6.07) is 20.5. The van der Waals surface area contributed by atoms with Gasteiger partial charge in [0.15, 0.2) is 11.6 Å². The summed E-state index contributed by atoms with van der Waals surface area (Å²) >= 11 is 16.0. The molecule has 3 aromatic heterocycles. The van der Waals surface area contributed by atoms with E-state index in [0.29, 0.717) is 103 Å². The van der Waals surface area contributed by atoms with E-state index in [0.717, 1.165) is 31.7 Å². The van der Waals surface area contributed by atoms with Gasteiger partial charge in [-0.3, -0.25) is 4.90 Å². The third-order valence-corrected chi connectivity index (χ3v) is 14.7. The molecule has 3 atom stereocenters. The Morgan fingerprint density at radius 1 is 0.889 bits per heavy atom. The molecule has 376 valence electrons. The Morgan fingerprint density at radius 3 is 2.33 bits per heavy atom. The highest BCUT2D eigenvalue weighted by atomic mass is 35.5. The van der Waals surface area contributed by atoms with Gasteiger partial charge in [0.1, 0.15) is 66.3 Å². The van der Waals surface area contributed by atoms with Gasteiger partial charge in [0.2, 0.25) is 12.0 Å². The molecule has 3 aliphatic rings. The van der Waals surface area contributed by atoms with E-state index in [-0.39, 0.29) is 41.7 Å². The van der Waals surface area contributed by atoms with Crippen LogP contribution in [-0.4, -0.2) is 133 Å². The van der Waals surface area contributed by atoms with Crippen LogP contribution in [-0.2, 0) is 27.3 Å². The van der Waals surface area contributed by atoms with Gasteiger partial charge in [0.05, 0.1) is 27.7 Å². The second-order valence-corrected chi connectivity index (χ2v) is 19.4. The van der Waals surface area contributed by atoms with Gasteiger partial charge in [-0.25, -0.2) is 29.1 Å². The van der Waals surface area contributed by atoms with Crippen molar-refractivity contribution in [3.63, 3.8) is 0 Å². The summed E-state index contributed by atoms with van der Waals surface area (Å²) in [6.45, 7) is 8.54. The van der Waals surface area contributed by atoms with Crippen molar-refractivity contribution < 1.29 is 47.4 Å². The highest BCUT2D eigenvalue weighted by Crippen LogP contribution is 2.53. The summed E-state index contributed by atoms with van der Waals surface area (Å²) in [5.74, 6) is 0.637. The number of nitrogens with zero attached hydrogens (tertiary/aromatic N) is 6. The number of thiophene rings is 1. The predicted octanol–water partition coefficient (Wildman–Crippen LogP) is 9.63. The second-order valence-electron chi connectivity index (χ2n) is 17.6. The van der Waals surface area contributed by atoms with Gasteiger partial charge in [-0.2, -0.15) is 0 Å². The van der Waals surface area contributed by atoms with E-state index in [4.69, 9.17) is 61.3 Å². The molecule has 72 heavy (non-hydrogen) atoms. The largest absolute Gasteiger partial charge is 0.491 e. The molecule has 19 heteroatoms. The smallest absolute Gasteiger partial charge is 0.345 e. The zero-order chi connectivity index (χ0) is 50.5. The number of benzene rings is 4. The molecule has 10 rings (SSSR count). The van der Waals surface area contributed by atoms with Crippen LogP contribution in [0.5, 0.6) is 28.9 Å². The van der Waals surface area contributed by atoms with Crippen molar-refractivity contribution in [2.75, 3.05) is 73.8 Å². The maximum atomic E-state index is 14.4. The van der Waals surface area contributed by atoms with E-state index in [1.54, 1.807) is 56.8 Å². The summed E-state index contributed by atoms with van der Waals surface area (Å²) in [5, 5.41) is 11.9. The van der Waals surface area contributed by atoms with Gasteiger partial charge in [-0.15, -0.1) is 11.3 Å². The lowest BCUT2D eigenvalue weighted by molar-refractivity contribution is -0.145. The summed E-state index contributed by atoms with van der Waals surface area (Å²) in [7, 11) is 5.32. The molecule has 0 saturated carbocycles. The number of rotatable bonds is 14. The number of ether oxygens (including phenoxy) is 7. The Balaban J connectivity index is 1.09. The van der Waals surface area contributed by atoms with Gasteiger partial charge in [0.25, 0.3) is 0 Å². The number of carboxylic acid groups (broad SMARTS) is 1. The standard InChI is InChI=1S/C53H53Cl2FN6O9S/c1-30-43-31(2)47(55)48(46(30)54)70-39(24-62-20-18-61(3)19-21-62)27-68-38-14-15-41(69-25-36-16-17-57-50(60-36)33-8-12-37(13-9-33)67-28-40(66-5)26-65-4)34(22-38)23-42(53(63)64)71-51-45-44(43)49(72-52(45)59-29-58-51)32-6-10-35(56)11-7-32/h6-17,22,29,39-40,42H,18-21,23-28H2,1-5H3,(H,63,64)/t39-,40+,42-/m1/s1. The lowest BCUT2D eigenvalue weighted by atomic mass is 9.92. The van der Waals surface area contributed by atoms with Crippen LogP contribution in [0.25, 0.3) is 43.2 Å². The van der Waals surface area contributed by atoms with Gasteiger partial charge >= 0.3 is 5.97 Å². The number of aromatic nitrogens is 4. The highest BCUT2D eigenvalue weighted by molar-refractivity contribution is 7.22. The van der Waals surface area contributed by atoms with E-state index in [1.807, 2.05) is 38.1 Å². The van der Waals surface area contributed by atoms with Crippen LogP contribution in [0.2, 0.25) is 10.0 Å². The number of carboxylic acids is 1. The summed E-state index contributed by atoms with van der Waals surface area (Å²) in [6.07, 6.45) is 0.579. The van der Waals surface area contributed by atoms with Crippen LogP contribution in [0.1, 0.15) is 22.4 Å². The maximum absolute atomic E-state index is 14.4. The van der Waals surface area contributed by atoms with Crippen molar-refractivity contribution in [2.24, 2.45) is 0 Å². The topological polar surface area (TPSA) is 160 Å². The molecule has 0 radical (unpaired) electrons. The molecule has 4 aromatic carbocycles. The van der Waals surface area contributed by atoms with Crippen molar-refractivity contribution >= 4 is 50.7 Å². The Bertz CT molecular complexity index is 3020. The van der Waals surface area contributed by atoms with Crippen LogP contribution in [0.3, 0.4) is 0 Å². The first-order chi connectivity index (χ1) is 34.9. The third kappa shape index (κ3) is 11.4. The summed E-state index contributed by atoms with van der Waals surface area (Å²) < 4.78 is 57.2. The number of piperazine rings is 1. The molecule has 1 N–H and O–H groups in total. The molecule has 0 spiro atoms. The normalized spacial score (nSPS) is 16.9. The number of methoxy groups -OCH3 is 2. The van der Waals surface area contributed by atoms with Gasteiger partial charge in [-0.05, 0) is 104 Å². The second kappa shape index (κ2) is 22.7. The minimum Gasteiger partial charge on any atom is -0.491 e. The molecule has 0 aliphatic carbocycles. The molecule has 0 unspecified atom stereocenters. The van der Waals surface area contributed by atoms with Crippen molar-refractivity contribution in [3.05, 3.63) is 124 Å². The molecule has 4 bridgehead atoms. The van der Waals surface area contributed by atoms with Crippen LogP contribution in [0, 0.1) is 19.7 Å². The molecule has 6 heterocycles. The Labute approximate surface area is 430 Å². The zero-order valence-corrected chi connectivity index (χ0v) is 42.7. The lowest BCUT2D eigenvalue weighted by Gasteiger charge is -2.35. The van der Waals surface area contributed by atoms with Gasteiger partial charge in [-0.1, -0.05) is 35.3 Å². The van der Waals surface area contributed by atoms with Crippen LogP contribution in [0.15, 0.2) is 85.3 Å². The summed E-state index contributed by atoms with van der Waals surface area (Å²) in [5.41, 5.74) is 5.06. The molecule has 15 nitrogen and oxygen atoms in total. The summed E-state index contributed by atoms with van der Waals surface area (Å²) in [4.78, 5) is 37.7. The molecular formula is C53H53Cl2FN6O9S. The monoisotopic (exact) mass is 1040 g/mol. The molecule has 1 fully saturated rings. The lowest BCUT2D eigenvalue weighted by Crippen LogP contribution is -2.49. The van der Waals surface area contributed by atoms with Gasteiger partial charge in [0, 0.05) is 81.1 Å². The third-order valence-electron chi connectivity index (χ3n) is 12.7. The fourth-order valence-corrected chi connectivity index (χ4v) is 10.4. The van der Waals surface area contributed by atoms with E-state index in [9.17, 15) is 14.3 Å². The van der Waals surface area contributed by atoms with Crippen LogP contribution < -0.4 is 23.7 Å². The fraction of sp³-hybridized carbons (Fsp3) is 0.340. The van der Waals surface area contributed by atoms with Crippen LogP contribution in [0.4, 0.5) is 4.39 Å². The van der Waals surface area contributed by atoms with Crippen molar-refractivity contribution in [3.8, 4) is 61.8 Å². The number of carbonyl (C=O) groups is 1. The molecule has 3 aliphatic heterocycles. The van der Waals surface area contributed by atoms with Crippen molar-refractivity contribution in [2.45, 2.75) is 45.2 Å². The molecule has 0 amide bonds. The van der Waals surface area contributed by atoms with E-state index in [1.165, 1.54) is 29.8 Å². The first-order valence-corrected chi connectivity index (χ1v) is 24.9. The Kier molecular flexibility index (Phi) is 16.0. The zero-order valence-electron chi connectivity index (χ0n) is 40.3. The minimum atomic E-state index is -1.48. The van der Waals surface area contributed by atoms with Crippen molar-refractivity contribution in [1.29, 1.82) is 0 Å².